The number of amides is 2. The standard InChI is InChI=1S/C26H31N7O3/c1-17-14-28-24(30-19-15-29-33(16-19)20-8-12-32(13-9-20)25(35)36)31-22(17)7-6-18-4-2-3-5-21(18)26(10-11-26)23(27)34/h2-5,14-16,20H,6-13H2,1H3,(H2,27,34)(H,35,36)(H,28,30,31). The van der Waals surface area contributed by atoms with Crippen molar-refractivity contribution in [2.75, 3.05) is 18.4 Å². The Labute approximate surface area is 209 Å². The minimum Gasteiger partial charge on any atom is -0.465 e. The van der Waals surface area contributed by atoms with Gasteiger partial charge in [-0.3, -0.25) is 9.48 Å². The van der Waals surface area contributed by atoms with Gasteiger partial charge in [0.1, 0.15) is 0 Å². The molecule has 10 heteroatoms. The van der Waals surface area contributed by atoms with Crippen molar-refractivity contribution >= 4 is 23.6 Å². The summed E-state index contributed by atoms with van der Waals surface area (Å²) in [5, 5.41) is 16.9. The lowest BCUT2D eigenvalue weighted by Crippen LogP contribution is -2.38. The fourth-order valence-electron chi connectivity index (χ4n) is 5.08. The van der Waals surface area contributed by atoms with Crippen LogP contribution in [0.1, 0.15) is 54.1 Å². The summed E-state index contributed by atoms with van der Waals surface area (Å²) in [6, 6.07) is 8.23. The minimum absolute atomic E-state index is 0.167. The highest BCUT2D eigenvalue weighted by atomic mass is 16.4. The maximum absolute atomic E-state index is 12.1. The molecule has 2 aromatic heterocycles. The molecule has 1 aromatic carbocycles. The maximum Gasteiger partial charge on any atom is 0.407 e. The number of primary amides is 1. The van der Waals surface area contributed by atoms with E-state index in [1.54, 1.807) is 6.20 Å². The van der Waals surface area contributed by atoms with E-state index in [1.165, 1.54) is 4.90 Å². The van der Waals surface area contributed by atoms with Crippen LogP contribution in [0, 0.1) is 6.92 Å². The number of carbonyl (C=O) groups excluding carboxylic acids is 1. The number of rotatable bonds is 8. The molecule has 2 amide bonds. The average Bonchev–Trinajstić information content (AvgIpc) is 3.57. The van der Waals surface area contributed by atoms with Crippen molar-refractivity contribution in [2.45, 2.75) is 56.9 Å². The Hall–Kier alpha value is -3.95. The van der Waals surface area contributed by atoms with Crippen LogP contribution in [0.3, 0.4) is 0 Å². The summed E-state index contributed by atoms with van der Waals surface area (Å²) in [5.74, 6) is 0.257. The topological polar surface area (TPSA) is 139 Å². The molecule has 2 fully saturated rings. The van der Waals surface area contributed by atoms with Gasteiger partial charge in [0.2, 0.25) is 11.9 Å². The molecule has 4 N–H and O–H groups in total. The van der Waals surface area contributed by atoms with Crippen LogP contribution < -0.4 is 11.1 Å². The Balaban J connectivity index is 1.25. The first-order chi connectivity index (χ1) is 17.4. The number of hydrogen-bond donors (Lipinski definition) is 3. The van der Waals surface area contributed by atoms with Crippen LogP contribution in [0.2, 0.25) is 0 Å². The molecule has 1 aliphatic carbocycles. The molecular weight excluding hydrogens is 458 g/mol. The fourth-order valence-corrected chi connectivity index (χ4v) is 5.08. The fraction of sp³-hybridized carbons (Fsp3) is 0.423. The van der Waals surface area contributed by atoms with E-state index in [1.807, 2.05) is 42.2 Å². The van der Waals surface area contributed by atoms with Gasteiger partial charge in [0.05, 0.1) is 23.3 Å². The van der Waals surface area contributed by atoms with Gasteiger partial charge in [0.15, 0.2) is 0 Å². The first-order valence-electron chi connectivity index (χ1n) is 12.4. The zero-order valence-corrected chi connectivity index (χ0v) is 20.4. The van der Waals surface area contributed by atoms with Gasteiger partial charge < -0.3 is 21.1 Å². The minimum atomic E-state index is -0.869. The third-order valence-electron chi connectivity index (χ3n) is 7.43. The lowest BCUT2D eigenvalue weighted by molar-refractivity contribution is -0.120. The van der Waals surface area contributed by atoms with E-state index in [-0.39, 0.29) is 11.9 Å². The number of likely N-dealkylation sites (tertiary alicyclic amines) is 1. The van der Waals surface area contributed by atoms with Crippen molar-refractivity contribution in [2.24, 2.45) is 5.73 Å². The number of nitrogens with one attached hydrogen (secondary N) is 1. The number of nitrogens with zero attached hydrogens (tertiary/aromatic N) is 5. The second-order valence-electron chi connectivity index (χ2n) is 9.76. The number of benzene rings is 1. The van der Waals surface area contributed by atoms with Crippen molar-refractivity contribution in [1.29, 1.82) is 0 Å². The van der Waals surface area contributed by atoms with Gasteiger partial charge in [-0.05, 0) is 62.1 Å². The number of nitrogens with two attached hydrogens (primary N) is 1. The first-order valence-corrected chi connectivity index (χ1v) is 12.4. The van der Waals surface area contributed by atoms with Crippen LogP contribution in [-0.2, 0) is 23.1 Å². The van der Waals surface area contributed by atoms with Gasteiger partial charge in [0.25, 0.3) is 0 Å². The molecule has 0 radical (unpaired) electrons. The highest BCUT2D eigenvalue weighted by molar-refractivity contribution is 5.90. The van der Waals surface area contributed by atoms with Gasteiger partial charge in [-0.2, -0.15) is 5.10 Å². The molecule has 0 spiro atoms. The zero-order chi connectivity index (χ0) is 25.3. The predicted molar refractivity (Wildman–Crippen MR) is 134 cm³/mol. The van der Waals surface area contributed by atoms with Crippen LogP contribution in [0.15, 0.2) is 42.9 Å². The van der Waals surface area contributed by atoms with Crippen LogP contribution in [-0.4, -0.2) is 54.8 Å². The van der Waals surface area contributed by atoms with Gasteiger partial charge in [-0.25, -0.2) is 14.8 Å². The van der Waals surface area contributed by atoms with E-state index in [2.05, 4.69) is 21.5 Å². The quantitative estimate of drug-likeness (QED) is 0.441. The number of aromatic nitrogens is 4. The predicted octanol–water partition coefficient (Wildman–Crippen LogP) is 3.34. The van der Waals surface area contributed by atoms with E-state index in [4.69, 9.17) is 15.8 Å². The number of aryl methyl sites for hydroxylation is 3. The largest absolute Gasteiger partial charge is 0.465 e. The average molecular weight is 490 g/mol. The molecule has 36 heavy (non-hydrogen) atoms. The third-order valence-corrected chi connectivity index (χ3v) is 7.43. The molecule has 0 bridgehead atoms. The van der Waals surface area contributed by atoms with Crippen molar-refractivity contribution in [3.8, 4) is 0 Å². The highest BCUT2D eigenvalue weighted by Crippen LogP contribution is 2.49. The van der Waals surface area contributed by atoms with Crippen LogP contribution in [0.25, 0.3) is 0 Å². The molecule has 3 aromatic rings. The maximum atomic E-state index is 12.1. The molecule has 1 aliphatic heterocycles. The monoisotopic (exact) mass is 489 g/mol. The number of piperidine rings is 1. The molecule has 10 nitrogen and oxygen atoms in total. The molecule has 188 valence electrons. The van der Waals surface area contributed by atoms with Crippen LogP contribution in [0.4, 0.5) is 16.4 Å². The Kier molecular flexibility index (Phi) is 6.34. The Bertz CT molecular complexity index is 1280. The summed E-state index contributed by atoms with van der Waals surface area (Å²) in [4.78, 5) is 33.9. The van der Waals surface area contributed by atoms with Gasteiger partial charge in [-0.1, -0.05) is 24.3 Å². The number of carboxylic acid groups (broad SMARTS) is 1. The third kappa shape index (κ3) is 4.75. The molecule has 0 unspecified atom stereocenters. The smallest absolute Gasteiger partial charge is 0.407 e. The first kappa shape index (κ1) is 23.8. The summed E-state index contributed by atoms with van der Waals surface area (Å²) in [7, 11) is 0. The summed E-state index contributed by atoms with van der Waals surface area (Å²) in [6.07, 6.45) is 9.17. The lowest BCUT2D eigenvalue weighted by Gasteiger charge is -2.29. The highest BCUT2D eigenvalue weighted by Gasteiger charge is 2.50. The molecule has 0 atom stereocenters. The summed E-state index contributed by atoms with van der Waals surface area (Å²) in [6.45, 7) is 3.02. The molecule has 3 heterocycles. The molecule has 1 saturated carbocycles. The molecule has 5 rings (SSSR count). The summed E-state index contributed by atoms with van der Waals surface area (Å²) < 4.78 is 1.89. The van der Waals surface area contributed by atoms with E-state index >= 15 is 0 Å². The van der Waals surface area contributed by atoms with Gasteiger partial charge in [-0.15, -0.1) is 0 Å². The molecular formula is C26H31N7O3. The number of anilines is 2. The molecule has 1 saturated heterocycles. The van der Waals surface area contributed by atoms with Crippen LogP contribution >= 0.6 is 0 Å². The lowest BCUT2D eigenvalue weighted by atomic mass is 9.88. The van der Waals surface area contributed by atoms with Gasteiger partial charge in [0, 0.05) is 31.2 Å². The van der Waals surface area contributed by atoms with Crippen molar-refractivity contribution in [1.82, 2.24) is 24.6 Å². The normalized spacial score (nSPS) is 17.1. The number of carbonyl (C=O) groups is 2. The molecule has 2 aliphatic rings. The Morgan fingerprint density at radius 3 is 2.61 bits per heavy atom. The van der Waals surface area contributed by atoms with Crippen molar-refractivity contribution < 1.29 is 14.7 Å². The Morgan fingerprint density at radius 2 is 1.92 bits per heavy atom. The van der Waals surface area contributed by atoms with Crippen LogP contribution in [0.5, 0.6) is 0 Å². The number of hydrogen-bond acceptors (Lipinski definition) is 6. The SMILES string of the molecule is Cc1cnc(Nc2cnn(C3CCN(C(=O)O)CC3)c2)nc1CCc1ccccc1C1(C(N)=O)CC1. The Morgan fingerprint density at radius 1 is 1.17 bits per heavy atom. The van der Waals surface area contributed by atoms with Gasteiger partial charge >= 0.3 is 6.09 Å². The summed E-state index contributed by atoms with van der Waals surface area (Å²) >= 11 is 0. The second kappa shape index (κ2) is 9.60. The zero-order valence-electron chi connectivity index (χ0n) is 20.4. The van der Waals surface area contributed by atoms with E-state index in [9.17, 15) is 9.59 Å². The van der Waals surface area contributed by atoms with E-state index in [0.29, 0.717) is 19.0 Å². The summed E-state index contributed by atoms with van der Waals surface area (Å²) in [5.41, 5.74) is 10.1. The second-order valence-corrected chi connectivity index (χ2v) is 9.76. The van der Waals surface area contributed by atoms with E-state index < -0.39 is 11.5 Å². The van der Waals surface area contributed by atoms with Crippen molar-refractivity contribution in [3.63, 3.8) is 0 Å². The van der Waals surface area contributed by atoms with Crippen molar-refractivity contribution in [3.05, 3.63) is 65.2 Å². The van der Waals surface area contributed by atoms with E-state index in [0.717, 1.165) is 66.6 Å².